The molecule has 4 heteroatoms. The van der Waals surface area contributed by atoms with Crippen LogP contribution in [0.4, 0.5) is 5.69 Å². The zero-order valence-corrected chi connectivity index (χ0v) is 11.9. The molecule has 100 valence electrons. The Balaban J connectivity index is 2.08. The van der Waals surface area contributed by atoms with E-state index in [1.165, 1.54) is 22.5 Å². The largest absolute Gasteiger partial charge is 0.477 e. The summed E-state index contributed by atoms with van der Waals surface area (Å²) >= 11 is 1.26. The molecule has 0 bridgehead atoms. The van der Waals surface area contributed by atoms with Crippen LogP contribution < -0.4 is 5.32 Å². The number of anilines is 1. The van der Waals surface area contributed by atoms with Gasteiger partial charge in [-0.05, 0) is 53.6 Å². The van der Waals surface area contributed by atoms with Gasteiger partial charge in [-0.2, -0.15) is 0 Å². The third-order valence-corrected chi connectivity index (χ3v) is 4.09. The Kier molecular flexibility index (Phi) is 4.22. The molecule has 0 unspecified atom stereocenters. The first-order chi connectivity index (χ1) is 9.11. The van der Waals surface area contributed by atoms with Crippen molar-refractivity contribution in [2.45, 2.75) is 26.8 Å². The number of benzene rings is 1. The van der Waals surface area contributed by atoms with E-state index in [1.54, 1.807) is 0 Å². The van der Waals surface area contributed by atoms with E-state index in [2.05, 4.69) is 31.3 Å². The predicted octanol–water partition coefficient (Wildman–Crippen LogP) is 3.93. The summed E-state index contributed by atoms with van der Waals surface area (Å²) < 4.78 is 0. The van der Waals surface area contributed by atoms with Gasteiger partial charge < -0.3 is 10.4 Å². The van der Waals surface area contributed by atoms with Crippen LogP contribution in [0.15, 0.2) is 29.6 Å². The topological polar surface area (TPSA) is 49.3 Å². The van der Waals surface area contributed by atoms with Gasteiger partial charge in [0.05, 0.1) is 0 Å². The molecule has 2 aromatic rings. The standard InChI is InChI=1S/C15H17NO2S/c1-3-11-4-5-13(8-10(11)2)16-9-12-6-7-19-14(12)15(17)18/h4-8,16H,3,9H2,1-2H3,(H,17,18). The van der Waals surface area contributed by atoms with Crippen molar-refractivity contribution in [2.24, 2.45) is 0 Å². The third kappa shape index (κ3) is 3.15. The van der Waals surface area contributed by atoms with Gasteiger partial charge in [-0.15, -0.1) is 11.3 Å². The van der Waals surface area contributed by atoms with Gasteiger partial charge in [-0.3, -0.25) is 0 Å². The normalized spacial score (nSPS) is 10.4. The summed E-state index contributed by atoms with van der Waals surface area (Å²) in [5.41, 5.74) is 4.45. The summed E-state index contributed by atoms with van der Waals surface area (Å²) in [4.78, 5) is 11.4. The van der Waals surface area contributed by atoms with Gasteiger partial charge in [-0.1, -0.05) is 13.0 Å². The van der Waals surface area contributed by atoms with Crippen molar-refractivity contribution >= 4 is 23.0 Å². The van der Waals surface area contributed by atoms with Crippen LogP contribution in [0.1, 0.15) is 33.3 Å². The summed E-state index contributed by atoms with van der Waals surface area (Å²) in [5, 5.41) is 14.1. The Morgan fingerprint density at radius 2 is 2.11 bits per heavy atom. The fourth-order valence-electron chi connectivity index (χ4n) is 2.06. The second-order valence-electron chi connectivity index (χ2n) is 4.43. The van der Waals surface area contributed by atoms with E-state index in [0.717, 1.165) is 17.7 Å². The van der Waals surface area contributed by atoms with Crippen LogP contribution in [0.3, 0.4) is 0 Å². The lowest BCUT2D eigenvalue weighted by atomic mass is 10.1. The smallest absolute Gasteiger partial charge is 0.346 e. The van der Waals surface area contributed by atoms with Crippen LogP contribution in [-0.4, -0.2) is 11.1 Å². The first-order valence-electron chi connectivity index (χ1n) is 6.25. The summed E-state index contributed by atoms with van der Waals surface area (Å²) in [6.45, 7) is 4.77. The maximum absolute atomic E-state index is 11.0. The molecule has 0 amide bonds. The molecule has 1 aromatic heterocycles. The Bertz CT molecular complexity index is 590. The van der Waals surface area contributed by atoms with Crippen LogP contribution in [0.25, 0.3) is 0 Å². The molecule has 3 nitrogen and oxygen atoms in total. The van der Waals surface area contributed by atoms with E-state index in [0.29, 0.717) is 11.4 Å². The van der Waals surface area contributed by atoms with Crippen LogP contribution in [-0.2, 0) is 13.0 Å². The number of hydrogen-bond donors (Lipinski definition) is 2. The monoisotopic (exact) mass is 275 g/mol. The van der Waals surface area contributed by atoms with Gasteiger partial charge in [0.1, 0.15) is 4.88 Å². The number of aryl methyl sites for hydroxylation is 2. The lowest BCUT2D eigenvalue weighted by Crippen LogP contribution is -2.04. The van der Waals surface area contributed by atoms with Gasteiger partial charge in [-0.25, -0.2) is 4.79 Å². The Labute approximate surface area is 116 Å². The molecular formula is C15H17NO2S. The third-order valence-electron chi connectivity index (χ3n) is 3.15. The lowest BCUT2D eigenvalue weighted by molar-refractivity contribution is 0.0701. The van der Waals surface area contributed by atoms with Gasteiger partial charge in [0, 0.05) is 12.2 Å². The fourth-order valence-corrected chi connectivity index (χ4v) is 2.82. The molecule has 0 aliphatic carbocycles. The fraction of sp³-hybridized carbons (Fsp3) is 0.267. The molecule has 0 aliphatic heterocycles. The van der Waals surface area contributed by atoms with Gasteiger partial charge in [0.2, 0.25) is 0 Å². The number of aromatic carboxylic acids is 1. The maximum atomic E-state index is 11.0. The molecule has 0 aliphatic rings. The maximum Gasteiger partial charge on any atom is 0.346 e. The van der Waals surface area contributed by atoms with Crippen LogP contribution >= 0.6 is 11.3 Å². The highest BCUT2D eigenvalue weighted by Gasteiger charge is 2.11. The van der Waals surface area contributed by atoms with Gasteiger partial charge in [0.25, 0.3) is 0 Å². The molecule has 0 spiro atoms. The highest BCUT2D eigenvalue weighted by Crippen LogP contribution is 2.20. The number of thiophene rings is 1. The summed E-state index contributed by atoms with van der Waals surface area (Å²) in [6.07, 6.45) is 1.03. The van der Waals surface area contributed by atoms with E-state index in [9.17, 15) is 4.79 Å². The summed E-state index contributed by atoms with van der Waals surface area (Å²) in [7, 11) is 0. The van der Waals surface area contributed by atoms with Crippen LogP contribution in [0, 0.1) is 6.92 Å². The van der Waals surface area contributed by atoms with E-state index in [4.69, 9.17) is 5.11 Å². The van der Waals surface area contributed by atoms with Crippen molar-refractivity contribution in [1.82, 2.24) is 0 Å². The second-order valence-corrected chi connectivity index (χ2v) is 5.34. The minimum atomic E-state index is -0.857. The Morgan fingerprint density at radius 1 is 1.32 bits per heavy atom. The minimum absolute atomic E-state index is 0.411. The molecule has 2 rings (SSSR count). The molecule has 19 heavy (non-hydrogen) atoms. The van der Waals surface area contributed by atoms with Crippen LogP contribution in [0.2, 0.25) is 0 Å². The van der Waals surface area contributed by atoms with Gasteiger partial charge in [0.15, 0.2) is 0 Å². The molecule has 0 saturated carbocycles. The molecule has 0 fully saturated rings. The molecule has 1 heterocycles. The van der Waals surface area contributed by atoms with Crippen molar-refractivity contribution in [3.05, 3.63) is 51.2 Å². The van der Waals surface area contributed by atoms with E-state index < -0.39 is 5.97 Å². The number of carboxylic acids is 1. The van der Waals surface area contributed by atoms with E-state index >= 15 is 0 Å². The molecule has 2 N–H and O–H groups in total. The van der Waals surface area contributed by atoms with Crippen molar-refractivity contribution in [2.75, 3.05) is 5.32 Å². The van der Waals surface area contributed by atoms with E-state index in [1.807, 2.05) is 17.5 Å². The zero-order chi connectivity index (χ0) is 13.8. The average molecular weight is 275 g/mol. The van der Waals surface area contributed by atoms with Crippen molar-refractivity contribution < 1.29 is 9.90 Å². The van der Waals surface area contributed by atoms with Crippen molar-refractivity contribution in [3.63, 3.8) is 0 Å². The first kappa shape index (κ1) is 13.6. The molecular weight excluding hydrogens is 258 g/mol. The lowest BCUT2D eigenvalue weighted by Gasteiger charge is -2.09. The molecule has 0 atom stereocenters. The zero-order valence-electron chi connectivity index (χ0n) is 11.1. The quantitative estimate of drug-likeness (QED) is 0.869. The molecule has 0 radical (unpaired) electrons. The predicted molar refractivity (Wildman–Crippen MR) is 79.2 cm³/mol. The number of rotatable bonds is 5. The van der Waals surface area contributed by atoms with Crippen LogP contribution in [0.5, 0.6) is 0 Å². The van der Waals surface area contributed by atoms with Crippen molar-refractivity contribution in [3.8, 4) is 0 Å². The average Bonchev–Trinajstić information content (AvgIpc) is 2.85. The highest BCUT2D eigenvalue weighted by atomic mass is 32.1. The number of nitrogens with one attached hydrogen (secondary N) is 1. The molecule has 0 saturated heterocycles. The summed E-state index contributed by atoms with van der Waals surface area (Å²) in [6, 6.07) is 8.11. The van der Waals surface area contributed by atoms with Gasteiger partial charge >= 0.3 is 5.97 Å². The Morgan fingerprint density at radius 3 is 2.74 bits per heavy atom. The Hall–Kier alpha value is -1.81. The molecule has 1 aromatic carbocycles. The number of hydrogen-bond acceptors (Lipinski definition) is 3. The number of carboxylic acid groups (broad SMARTS) is 1. The first-order valence-corrected chi connectivity index (χ1v) is 7.13. The number of carbonyl (C=O) groups is 1. The SMILES string of the molecule is CCc1ccc(NCc2ccsc2C(=O)O)cc1C. The van der Waals surface area contributed by atoms with E-state index in [-0.39, 0.29) is 0 Å². The minimum Gasteiger partial charge on any atom is -0.477 e. The highest BCUT2D eigenvalue weighted by molar-refractivity contribution is 7.12. The van der Waals surface area contributed by atoms with Crippen molar-refractivity contribution in [1.29, 1.82) is 0 Å². The summed E-state index contributed by atoms with van der Waals surface area (Å²) in [5.74, 6) is -0.857. The second kappa shape index (κ2) is 5.89.